The third-order valence-electron chi connectivity index (χ3n) is 2.62. The van der Waals surface area contributed by atoms with Gasteiger partial charge in [-0.1, -0.05) is 27.7 Å². The molecule has 2 atom stereocenters. The minimum atomic E-state index is 0. The number of hydrogen-bond donors (Lipinski definition) is 0. The van der Waals surface area contributed by atoms with Crippen molar-refractivity contribution in [2.24, 2.45) is 0 Å². The molecule has 2 aromatic rings. The van der Waals surface area contributed by atoms with Crippen LogP contribution in [0.25, 0.3) is 0 Å². The molecule has 0 saturated carbocycles. The Morgan fingerprint density at radius 2 is 1.00 bits per heavy atom. The van der Waals surface area contributed by atoms with Crippen LogP contribution in [-0.2, 0) is 25.8 Å². The standard InChI is InChI=1S/2C7H10P.Sc.H/c2*1-5-4-6(2)8-7(5)3;;/h2*8H,1-3H3;;/q2*-1;+3;-1. The van der Waals surface area contributed by atoms with E-state index in [0.717, 1.165) is 16.4 Å². The van der Waals surface area contributed by atoms with Crippen molar-refractivity contribution in [3.63, 3.8) is 0 Å². The average molecular weight is 296 g/mol. The van der Waals surface area contributed by atoms with E-state index >= 15 is 0 Å². The van der Waals surface area contributed by atoms with E-state index in [0.29, 0.717) is 0 Å². The monoisotopic (exact) mass is 296 g/mol. The molecule has 17 heavy (non-hydrogen) atoms. The van der Waals surface area contributed by atoms with Gasteiger partial charge in [-0.05, 0) is 0 Å². The fraction of sp³-hybridized carbons (Fsp3) is 0.429. The van der Waals surface area contributed by atoms with Crippen molar-refractivity contribution >= 4 is 16.4 Å². The molecule has 2 aromatic heterocycles. The van der Waals surface area contributed by atoms with Crippen LogP contribution in [0.15, 0.2) is 0 Å². The van der Waals surface area contributed by atoms with Crippen LogP contribution >= 0.6 is 16.4 Å². The van der Waals surface area contributed by atoms with Gasteiger partial charge in [-0.3, -0.25) is 0 Å². The number of rotatable bonds is 0. The van der Waals surface area contributed by atoms with E-state index in [2.05, 4.69) is 53.7 Å². The average Bonchev–Trinajstić information content (AvgIpc) is 2.58. The Kier molecular flexibility index (Phi) is 7.97. The first-order chi connectivity index (χ1) is 7.40. The molecule has 0 saturated heterocycles. The van der Waals surface area contributed by atoms with Crippen LogP contribution in [0.4, 0.5) is 0 Å². The van der Waals surface area contributed by atoms with E-state index in [4.69, 9.17) is 0 Å². The summed E-state index contributed by atoms with van der Waals surface area (Å²) in [5.74, 6) is 0. The fourth-order valence-corrected chi connectivity index (χ4v) is 3.69. The summed E-state index contributed by atoms with van der Waals surface area (Å²) in [6, 6.07) is 6.55. The predicted octanol–water partition coefficient (Wildman–Crippen LogP) is 5.00. The van der Waals surface area contributed by atoms with Crippen molar-refractivity contribution < 1.29 is 27.3 Å². The van der Waals surface area contributed by atoms with Gasteiger partial charge >= 0.3 is 25.8 Å². The number of hydrogen-bond acceptors (Lipinski definition) is 0. The SMILES string of the molecule is Cc1[c-]c(C)c(C)[pH]1.Cc1[c-]c(C)c(C)[pH]1.[H-].[Sc+3]. The topological polar surface area (TPSA) is 0 Å². The van der Waals surface area contributed by atoms with E-state index < -0.39 is 0 Å². The molecule has 0 amide bonds. The summed E-state index contributed by atoms with van der Waals surface area (Å²) in [4.78, 5) is 0. The first kappa shape index (κ1) is 17.4. The van der Waals surface area contributed by atoms with E-state index in [1.807, 2.05) is 0 Å². The minimum Gasteiger partial charge on any atom is -1.00 e. The molecule has 2 unspecified atom stereocenters. The first-order valence-electron chi connectivity index (χ1n) is 5.50. The maximum atomic E-state index is 3.28. The molecule has 0 N–H and O–H groups in total. The third kappa shape index (κ3) is 5.73. The number of aryl methyl sites for hydroxylation is 6. The molecule has 90 valence electrons. The second-order valence-corrected chi connectivity index (χ2v) is 7.75. The van der Waals surface area contributed by atoms with Crippen LogP contribution in [0.1, 0.15) is 33.7 Å². The molecule has 0 nitrogen and oxygen atoms in total. The van der Waals surface area contributed by atoms with Gasteiger partial charge in [0, 0.05) is 0 Å². The molecule has 2 rings (SSSR count). The Morgan fingerprint density at radius 1 is 0.706 bits per heavy atom. The maximum absolute atomic E-state index is 3.28. The van der Waals surface area contributed by atoms with Gasteiger partial charge in [-0.25, -0.2) is 39.6 Å². The molecular formula is C14H21P2Sc. The van der Waals surface area contributed by atoms with Crippen LogP contribution < -0.4 is 0 Å². The van der Waals surface area contributed by atoms with Crippen molar-refractivity contribution in [2.75, 3.05) is 0 Å². The summed E-state index contributed by atoms with van der Waals surface area (Å²) < 4.78 is 0. The van der Waals surface area contributed by atoms with Gasteiger partial charge in [0.15, 0.2) is 0 Å². The zero-order valence-corrected chi connectivity index (χ0v) is 15.4. The molecule has 0 spiro atoms. The van der Waals surface area contributed by atoms with Gasteiger partial charge < -0.3 is 1.43 Å². The Labute approximate surface area is 129 Å². The normalized spacial score (nSPS) is 10.2. The summed E-state index contributed by atoms with van der Waals surface area (Å²) in [5.41, 5.74) is 2.70. The molecule has 0 fully saturated rings. The smallest absolute Gasteiger partial charge is 1.00 e. The minimum absolute atomic E-state index is 0. The molecular weight excluding hydrogens is 275 g/mol. The van der Waals surface area contributed by atoms with E-state index in [1.54, 1.807) is 0 Å². The first-order valence-corrected chi connectivity index (χ1v) is 7.50. The van der Waals surface area contributed by atoms with Crippen LogP contribution in [-0.4, -0.2) is 0 Å². The zero-order valence-electron chi connectivity index (χ0n) is 12.6. The summed E-state index contributed by atoms with van der Waals surface area (Å²) >= 11 is 0. The van der Waals surface area contributed by atoms with Crippen LogP contribution in [0, 0.1) is 53.7 Å². The van der Waals surface area contributed by atoms with Crippen LogP contribution in [0.5, 0.6) is 0 Å². The summed E-state index contributed by atoms with van der Waals surface area (Å²) in [5, 5.41) is 5.81. The Balaban J connectivity index is 0. The van der Waals surface area contributed by atoms with Crippen molar-refractivity contribution in [1.29, 1.82) is 0 Å². The van der Waals surface area contributed by atoms with Crippen LogP contribution in [0.3, 0.4) is 0 Å². The Morgan fingerprint density at radius 3 is 1.06 bits per heavy atom. The van der Waals surface area contributed by atoms with Crippen molar-refractivity contribution in [3.8, 4) is 0 Å². The largest absolute Gasteiger partial charge is 3.00 e. The van der Waals surface area contributed by atoms with E-state index in [9.17, 15) is 0 Å². The van der Waals surface area contributed by atoms with Crippen LogP contribution in [0.2, 0.25) is 0 Å². The second kappa shape index (κ2) is 7.78. The van der Waals surface area contributed by atoms with E-state index in [1.165, 1.54) is 32.3 Å². The van der Waals surface area contributed by atoms with Crippen molar-refractivity contribution in [2.45, 2.75) is 41.5 Å². The van der Waals surface area contributed by atoms with Crippen molar-refractivity contribution in [3.05, 3.63) is 44.4 Å². The molecule has 3 heteroatoms. The van der Waals surface area contributed by atoms with Crippen molar-refractivity contribution in [1.82, 2.24) is 0 Å². The molecule has 2 heterocycles. The van der Waals surface area contributed by atoms with E-state index in [-0.39, 0.29) is 27.3 Å². The summed E-state index contributed by atoms with van der Waals surface area (Å²) in [7, 11) is 1.84. The van der Waals surface area contributed by atoms with Gasteiger partial charge in [0.25, 0.3) is 0 Å². The Bertz CT molecular complexity index is 389. The summed E-state index contributed by atoms with van der Waals surface area (Å²) in [6.07, 6.45) is 0. The van der Waals surface area contributed by atoms with Gasteiger partial charge in [-0.15, -0.1) is 24.4 Å². The fourth-order valence-electron chi connectivity index (χ4n) is 1.56. The quantitative estimate of drug-likeness (QED) is 0.600. The molecule has 0 bridgehead atoms. The zero-order chi connectivity index (χ0) is 12.3. The van der Waals surface area contributed by atoms with Gasteiger partial charge in [0.1, 0.15) is 0 Å². The Hall–Kier alpha value is 0.430. The third-order valence-corrected chi connectivity index (χ3v) is 5.12. The van der Waals surface area contributed by atoms with Gasteiger partial charge in [0.05, 0.1) is 0 Å². The van der Waals surface area contributed by atoms with Gasteiger partial charge in [-0.2, -0.15) is 10.6 Å². The molecule has 0 aliphatic rings. The molecule has 0 aliphatic carbocycles. The molecule has 0 aromatic carbocycles. The molecule has 0 aliphatic heterocycles. The molecule has 0 radical (unpaired) electrons. The second-order valence-electron chi connectivity index (χ2n) is 4.25. The maximum Gasteiger partial charge on any atom is 3.00 e. The summed E-state index contributed by atoms with van der Waals surface area (Å²) in [6.45, 7) is 12.9. The predicted molar refractivity (Wildman–Crippen MR) is 79.1 cm³/mol. The van der Waals surface area contributed by atoms with Gasteiger partial charge in [0.2, 0.25) is 0 Å².